The fraction of sp³-hybridized carbons (Fsp3) is 0.333. The van der Waals surface area contributed by atoms with Gasteiger partial charge >= 0.3 is 0 Å². The van der Waals surface area contributed by atoms with Gasteiger partial charge in [-0.25, -0.2) is 0 Å². The number of nitrogens with one attached hydrogen (secondary N) is 1. The van der Waals surface area contributed by atoms with Crippen LogP contribution in [0.4, 0.5) is 5.69 Å². The number of amides is 1. The van der Waals surface area contributed by atoms with Crippen LogP contribution in [0.1, 0.15) is 36.1 Å². The molecule has 1 unspecified atom stereocenters. The van der Waals surface area contributed by atoms with Crippen molar-refractivity contribution in [2.75, 3.05) is 38.0 Å². The van der Waals surface area contributed by atoms with Gasteiger partial charge in [0.05, 0.1) is 18.3 Å². The average molecular weight is 434 g/mol. The smallest absolute Gasteiger partial charge is 0.244 e. The van der Waals surface area contributed by atoms with E-state index in [4.69, 9.17) is 4.52 Å². The molecule has 1 amide bonds. The van der Waals surface area contributed by atoms with Crippen molar-refractivity contribution in [3.8, 4) is 11.4 Å². The van der Waals surface area contributed by atoms with Gasteiger partial charge in [-0.05, 0) is 26.0 Å². The van der Waals surface area contributed by atoms with Crippen LogP contribution in [-0.4, -0.2) is 64.4 Å². The highest BCUT2D eigenvalue weighted by molar-refractivity contribution is 6.04. The van der Waals surface area contributed by atoms with Crippen molar-refractivity contribution in [3.63, 3.8) is 0 Å². The van der Waals surface area contributed by atoms with E-state index >= 15 is 0 Å². The number of aromatic nitrogens is 2. The Bertz CT molecular complexity index is 1070. The molecule has 32 heavy (non-hydrogen) atoms. The molecular weight excluding hydrogens is 406 g/mol. The molecule has 4 rings (SSSR count). The lowest BCUT2D eigenvalue weighted by Crippen LogP contribution is -2.49. The first-order valence-corrected chi connectivity index (χ1v) is 10.8. The summed E-state index contributed by atoms with van der Waals surface area (Å²) in [5, 5.41) is 6.98. The zero-order valence-corrected chi connectivity index (χ0v) is 18.3. The molecule has 2 aromatic carbocycles. The predicted octanol–water partition coefficient (Wildman–Crippen LogP) is 3.26. The Morgan fingerprint density at radius 2 is 1.72 bits per heavy atom. The summed E-state index contributed by atoms with van der Waals surface area (Å²) < 4.78 is 5.51. The van der Waals surface area contributed by atoms with Crippen LogP contribution in [0, 0.1) is 0 Å². The molecule has 0 aliphatic carbocycles. The first-order chi connectivity index (χ1) is 15.5. The van der Waals surface area contributed by atoms with E-state index in [1.54, 1.807) is 18.2 Å². The lowest BCUT2D eigenvalue weighted by molar-refractivity contribution is -0.117. The molecule has 1 fully saturated rings. The van der Waals surface area contributed by atoms with E-state index in [0.29, 0.717) is 23.0 Å². The van der Waals surface area contributed by atoms with E-state index in [1.165, 1.54) is 6.92 Å². The van der Waals surface area contributed by atoms with Gasteiger partial charge in [-0.2, -0.15) is 4.98 Å². The number of anilines is 1. The number of carbonyl (C=O) groups excluding carboxylic acids is 2. The summed E-state index contributed by atoms with van der Waals surface area (Å²) >= 11 is 0. The number of ketones is 1. The monoisotopic (exact) mass is 433 g/mol. The third kappa shape index (κ3) is 5.09. The number of piperazine rings is 1. The van der Waals surface area contributed by atoms with Crippen LogP contribution in [0.3, 0.4) is 0 Å². The molecule has 1 saturated heterocycles. The molecule has 8 nitrogen and oxygen atoms in total. The van der Waals surface area contributed by atoms with Gasteiger partial charge in [0.25, 0.3) is 0 Å². The van der Waals surface area contributed by atoms with Gasteiger partial charge in [0, 0.05) is 37.3 Å². The lowest BCUT2D eigenvalue weighted by atomic mass is 10.1. The van der Waals surface area contributed by atoms with Gasteiger partial charge < -0.3 is 9.84 Å². The Balaban J connectivity index is 1.29. The van der Waals surface area contributed by atoms with Crippen molar-refractivity contribution in [1.82, 2.24) is 19.9 Å². The van der Waals surface area contributed by atoms with Crippen LogP contribution in [0.2, 0.25) is 0 Å². The van der Waals surface area contributed by atoms with Crippen molar-refractivity contribution in [1.29, 1.82) is 0 Å². The van der Waals surface area contributed by atoms with Crippen molar-refractivity contribution >= 4 is 17.4 Å². The highest BCUT2D eigenvalue weighted by Gasteiger charge is 2.27. The van der Waals surface area contributed by atoms with Crippen LogP contribution < -0.4 is 5.32 Å². The minimum atomic E-state index is -0.121. The van der Waals surface area contributed by atoms with E-state index in [2.05, 4.69) is 32.2 Å². The highest BCUT2D eigenvalue weighted by atomic mass is 16.5. The summed E-state index contributed by atoms with van der Waals surface area (Å²) in [7, 11) is 0. The Labute approximate surface area is 187 Å². The summed E-state index contributed by atoms with van der Waals surface area (Å²) in [6.07, 6.45) is 0. The standard InChI is InChI=1S/C24H27N5O3/c1-17(24-26-23(27-32-24)19-8-4-3-5-9-19)29-14-12-28(13-15-29)16-22(31)25-21-11-7-6-10-20(21)18(2)30/h3-11,17H,12-16H2,1-2H3,(H,25,31). The number of hydrogen-bond acceptors (Lipinski definition) is 7. The number of para-hydroxylation sites is 1. The van der Waals surface area contributed by atoms with Crippen LogP contribution in [0.25, 0.3) is 11.4 Å². The molecule has 1 aliphatic rings. The van der Waals surface area contributed by atoms with E-state index in [-0.39, 0.29) is 24.3 Å². The fourth-order valence-electron chi connectivity index (χ4n) is 3.87. The maximum atomic E-state index is 12.5. The molecule has 1 aromatic heterocycles. The second-order valence-corrected chi connectivity index (χ2v) is 7.96. The maximum Gasteiger partial charge on any atom is 0.244 e. The van der Waals surface area contributed by atoms with Gasteiger partial charge in [0.15, 0.2) is 5.78 Å². The molecule has 1 aliphatic heterocycles. The topological polar surface area (TPSA) is 91.6 Å². The largest absolute Gasteiger partial charge is 0.337 e. The molecule has 2 heterocycles. The number of hydrogen-bond donors (Lipinski definition) is 1. The van der Waals surface area contributed by atoms with Crippen LogP contribution >= 0.6 is 0 Å². The molecule has 166 valence electrons. The molecule has 0 radical (unpaired) electrons. The minimum absolute atomic E-state index is 0.00150. The van der Waals surface area contributed by atoms with Gasteiger partial charge in [-0.15, -0.1) is 0 Å². The van der Waals surface area contributed by atoms with E-state index in [0.717, 1.165) is 31.7 Å². The number of carbonyl (C=O) groups is 2. The summed E-state index contributed by atoms with van der Waals surface area (Å²) in [6.45, 7) is 6.94. The molecule has 1 atom stereocenters. The Hall–Kier alpha value is -3.36. The van der Waals surface area contributed by atoms with E-state index in [1.807, 2.05) is 36.4 Å². The van der Waals surface area contributed by atoms with Crippen molar-refractivity contribution in [2.45, 2.75) is 19.9 Å². The van der Waals surface area contributed by atoms with Gasteiger partial charge in [-0.1, -0.05) is 47.6 Å². The molecule has 8 heteroatoms. The maximum absolute atomic E-state index is 12.5. The Morgan fingerprint density at radius 1 is 1.03 bits per heavy atom. The summed E-state index contributed by atoms with van der Waals surface area (Å²) in [5.74, 6) is 0.994. The van der Waals surface area contributed by atoms with Gasteiger partial charge in [0.2, 0.25) is 17.6 Å². The SMILES string of the molecule is CC(=O)c1ccccc1NC(=O)CN1CCN(C(C)c2nc(-c3ccccc3)no2)CC1. The number of Topliss-reactive ketones (excluding diaryl/α,β-unsaturated/α-hetero) is 1. The summed E-state index contributed by atoms with van der Waals surface area (Å²) in [5.41, 5.74) is 2.01. The van der Waals surface area contributed by atoms with Crippen LogP contribution in [0.5, 0.6) is 0 Å². The average Bonchev–Trinajstić information content (AvgIpc) is 3.30. The Morgan fingerprint density at radius 3 is 2.44 bits per heavy atom. The molecule has 3 aromatic rings. The summed E-state index contributed by atoms with van der Waals surface area (Å²) in [4.78, 5) is 33.2. The highest BCUT2D eigenvalue weighted by Crippen LogP contribution is 2.23. The zero-order valence-electron chi connectivity index (χ0n) is 18.3. The number of rotatable bonds is 7. The number of benzene rings is 2. The minimum Gasteiger partial charge on any atom is -0.337 e. The molecule has 0 bridgehead atoms. The van der Waals surface area contributed by atoms with Crippen LogP contribution in [-0.2, 0) is 4.79 Å². The fourth-order valence-corrected chi connectivity index (χ4v) is 3.87. The van der Waals surface area contributed by atoms with Gasteiger partial charge in [0.1, 0.15) is 0 Å². The van der Waals surface area contributed by atoms with Crippen molar-refractivity contribution in [3.05, 3.63) is 66.1 Å². The van der Waals surface area contributed by atoms with Gasteiger partial charge in [-0.3, -0.25) is 19.4 Å². The number of nitrogens with zero attached hydrogens (tertiary/aromatic N) is 4. The van der Waals surface area contributed by atoms with E-state index < -0.39 is 0 Å². The third-order valence-corrected chi connectivity index (χ3v) is 5.73. The van der Waals surface area contributed by atoms with Crippen LogP contribution in [0.15, 0.2) is 59.1 Å². The van der Waals surface area contributed by atoms with E-state index in [9.17, 15) is 9.59 Å². The first-order valence-electron chi connectivity index (χ1n) is 10.8. The summed E-state index contributed by atoms with van der Waals surface area (Å²) in [6, 6.07) is 16.8. The third-order valence-electron chi connectivity index (χ3n) is 5.73. The molecular formula is C24H27N5O3. The quantitative estimate of drug-likeness (QED) is 0.572. The second-order valence-electron chi connectivity index (χ2n) is 7.96. The van der Waals surface area contributed by atoms with Crippen molar-refractivity contribution < 1.29 is 14.1 Å². The lowest BCUT2D eigenvalue weighted by Gasteiger charge is -2.36. The van der Waals surface area contributed by atoms with Crippen molar-refractivity contribution in [2.24, 2.45) is 0 Å². The normalized spacial score (nSPS) is 15.9. The molecule has 0 saturated carbocycles. The molecule has 1 N–H and O–H groups in total. The Kier molecular flexibility index (Phi) is 6.72. The molecule has 0 spiro atoms. The zero-order chi connectivity index (χ0) is 22.5. The predicted molar refractivity (Wildman–Crippen MR) is 121 cm³/mol. The second kappa shape index (κ2) is 9.84. The first kappa shape index (κ1) is 21.9.